The molecule has 0 heterocycles. The Morgan fingerprint density at radius 2 is 0.538 bits per heavy atom. The Balaban J connectivity index is 3.33. The average molecular weight is 706 g/mol. The van der Waals surface area contributed by atoms with Crippen LogP contribution in [-0.2, 0) is 37.1 Å². The van der Waals surface area contributed by atoms with Crippen LogP contribution in [0.4, 0.5) is 79.0 Å². The zero-order valence-corrected chi connectivity index (χ0v) is 21.0. The van der Waals surface area contributed by atoms with E-state index in [0.717, 1.165) is 0 Å². The molecule has 0 aliphatic heterocycles. The predicted octanol–water partition coefficient (Wildman–Crippen LogP) is 8.83. The van der Waals surface area contributed by atoms with Gasteiger partial charge >= 0.3 is 214 Å². The first kappa shape index (κ1) is 33.5. The van der Waals surface area contributed by atoms with Crippen LogP contribution in [0.25, 0.3) is 0 Å². The summed E-state index contributed by atoms with van der Waals surface area (Å²) >= 11 is -7.62. The first-order chi connectivity index (χ1) is 16.9. The summed E-state index contributed by atoms with van der Waals surface area (Å²) in [6.45, 7) is 0. The summed E-state index contributed by atoms with van der Waals surface area (Å²) in [5, 5.41) is 0. The Hall–Kier alpha value is -1.70. The number of alkyl halides is 18. The molecule has 2 aromatic carbocycles. The van der Waals surface area contributed by atoms with Crippen LogP contribution in [0.5, 0.6) is 0 Å². The molecular weight excluding hydrogens is 702 g/mol. The molecule has 0 saturated carbocycles. The maximum atomic E-state index is 13.7. The topological polar surface area (TPSA) is 0 Å². The third-order valence-electron chi connectivity index (χ3n) is 4.78. The first-order valence-electron chi connectivity index (χ1n) is 9.09. The molecule has 0 atom stereocenters. The van der Waals surface area contributed by atoms with Crippen molar-refractivity contribution in [3.05, 3.63) is 57.6 Å². The number of halogens is 20. The summed E-state index contributed by atoms with van der Waals surface area (Å²) in [4.78, 5) is 0. The van der Waals surface area contributed by atoms with Crippen LogP contribution in [0.1, 0.15) is 33.4 Å². The van der Waals surface area contributed by atoms with Crippen molar-refractivity contribution < 1.29 is 79.0 Å². The summed E-state index contributed by atoms with van der Waals surface area (Å²) < 4.78 is 237. The van der Waals surface area contributed by atoms with Crippen molar-refractivity contribution in [2.45, 2.75) is 37.1 Å². The molecule has 0 aromatic heterocycles. The molecule has 0 spiro atoms. The van der Waals surface area contributed by atoms with E-state index in [1.54, 1.807) is 0 Å². The summed E-state index contributed by atoms with van der Waals surface area (Å²) in [6, 6.07) is -4.28. The number of benzene rings is 2. The van der Waals surface area contributed by atoms with Crippen LogP contribution in [0.3, 0.4) is 0 Å². The zero-order chi connectivity index (χ0) is 30.9. The van der Waals surface area contributed by atoms with E-state index in [2.05, 4.69) is 0 Å². The second-order valence-electron chi connectivity index (χ2n) is 7.45. The van der Waals surface area contributed by atoms with E-state index in [4.69, 9.17) is 20.0 Å². The predicted molar refractivity (Wildman–Crippen MR) is 99.6 cm³/mol. The quantitative estimate of drug-likeness (QED) is 0.217. The molecule has 0 bridgehead atoms. The number of rotatable bonds is 2. The molecule has 0 N–H and O–H groups in total. The molecule has 0 aliphatic carbocycles. The van der Waals surface area contributed by atoms with E-state index in [9.17, 15) is 79.0 Å². The van der Waals surface area contributed by atoms with E-state index in [-0.39, 0.29) is 0 Å². The summed E-state index contributed by atoms with van der Waals surface area (Å²) in [5.74, 6) is 0. The molecule has 0 saturated heterocycles. The Kier molecular flexibility index (Phi) is 8.33. The molecule has 0 fully saturated rings. The molecule has 21 heteroatoms. The van der Waals surface area contributed by atoms with Gasteiger partial charge in [-0.1, -0.05) is 0 Å². The molecule has 0 nitrogen and oxygen atoms in total. The van der Waals surface area contributed by atoms with Crippen LogP contribution in [0.2, 0.25) is 0 Å². The average Bonchev–Trinajstić information content (AvgIpc) is 2.67. The fraction of sp³-hybridized carbons (Fsp3) is 0.333. The second kappa shape index (κ2) is 9.70. The van der Waals surface area contributed by atoms with Gasteiger partial charge in [0.15, 0.2) is 0 Å². The molecular formula is C18H4Cl2F18Ge. The van der Waals surface area contributed by atoms with E-state index >= 15 is 0 Å². The minimum atomic E-state index is -7.62. The summed E-state index contributed by atoms with van der Waals surface area (Å²) in [7, 11) is 11.1. The monoisotopic (exact) mass is 706 g/mol. The maximum absolute atomic E-state index is 13.7. The van der Waals surface area contributed by atoms with Gasteiger partial charge in [0, 0.05) is 0 Å². The molecule has 2 aromatic rings. The van der Waals surface area contributed by atoms with Gasteiger partial charge in [-0.2, -0.15) is 0 Å². The summed E-state index contributed by atoms with van der Waals surface area (Å²) in [5.41, 5.74) is -17.7. The fourth-order valence-corrected chi connectivity index (χ4v) is 12.7. The van der Waals surface area contributed by atoms with Gasteiger partial charge in [-0.05, 0) is 0 Å². The third-order valence-corrected chi connectivity index (χ3v) is 13.6. The standard InChI is InChI=1S/C18H4Cl2F18Ge/c19-39(20,11-7(15(27,28)29)1-5(13(21,22)23)2-8(11)16(30,31)32)12-9(17(33,34)35)3-6(14(24,25)26)4-10(12)18(36,37)38/h1-4H. The molecule has 2 rings (SSSR count). The second-order valence-corrected chi connectivity index (χ2v) is 18.9. The van der Waals surface area contributed by atoms with Crippen molar-refractivity contribution in [2.75, 3.05) is 0 Å². The molecule has 0 aliphatic rings. The SMILES string of the molecule is FC(F)(F)c1cc(C(F)(F)F)[c]([Ge]([Cl])([Cl])[c]2c(C(F)(F)F)cc(C(F)(F)F)cc2C(F)(F)F)c(C(F)(F)F)c1. The Morgan fingerprint density at radius 3 is 0.667 bits per heavy atom. The molecule has 220 valence electrons. The van der Waals surface area contributed by atoms with E-state index in [0.29, 0.717) is 0 Å². The fourth-order valence-electron chi connectivity index (χ4n) is 3.31. The van der Waals surface area contributed by atoms with Gasteiger partial charge < -0.3 is 0 Å². The van der Waals surface area contributed by atoms with Gasteiger partial charge in [-0.25, -0.2) is 0 Å². The van der Waals surface area contributed by atoms with Crippen molar-refractivity contribution in [2.24, 2.45) is 0 Å². The van der Waals surface area contributed by atoms with Gasteiger partial charge in [-0.15, -0.1) is 0 Å². The van der Waals surface area contributed by atoms with Crippen LogP contribution in [0, 0.1) is 0 Å². The Bertz CT molecular complexity index is 1080. The molecule has 39 heavy (non-hydrogen) atoms. The number of hydrogen-bond acceptors (Lipinski definition) is 0. The van der Waals surface area contributed by atoms with Crippen molar-refractivity contribution in [1.82, 2.24) is 0 Å². The molecule has 0 unspecified atom stereocenters. The van der Waals surface area contributed by atoms with E-state index in [1.165, 1.54) is 0 Å². The molecule has 0 radical (unpaired) electrons. The van der Waals surface area contributed by atoms with Crippen LogP contribution >= 0.6 is 20.0 Å². The number of hydrogen-bond donors (Lipinski definition) is 0. The van der Waals surface area contributed by atoms with Crippen LogP contribution < -0.4 is 8.79 Å². The van der Waals surface area contributed by atoms with Crippen LogP contribution in [-0.4, -0.2) is 11.4 Å². The Labute approximate surface area is 214 Å². The summed E-state index contributed by atoms with van der Waals surface area (Å²) in [6.07, 6.45) is -37.3. The van der Waals surface area contributed by atoms with Gasteiger partial charge in [0.05, 0.1) is 0 Å². The molecule has 0 amide bonds. The third kappa shape index (κ3) is 6.97. The first-order valence-corrected chi connectivity index (χ1v) is 16.7. The van der Waals surface area contributed by atoms with Gasteiger partial charge in [0.2, 0.25) is 0 Å². The van der Waals surface area contributed by atoms with Gasteiger partial charge in [0.1, 0.15) is 0 Å². The van der Waals surface area contributed by atoms with E-state index in [1.807, 2.05) is 0 Å². The van der Waals surface area contributed by atoms with Crippen molar-refractivity contribution in [3.8, 4) is 0 Å². The van der Waals surface area contributed by atoms with Gasteiger partial charge in [0.25, 0.3) is 0 Å². The van der Waals surface area contributed by atoms with Crippen molar-refractivity contribution in [1.29, 1.82) is 0 Å². The van der Waals surface area contributed by atoms with E-state index < -0.39 is 115 Å². The Morgan fingerprint density at radius 1 is 0.359 bits per heavy atom. The van der Waals surface area contributed by atoms with Crippen LogP contribution in [0.15, 0.2) is 24.3 Å². The minimum absolute atomic E-state index is 1.07. The normalized spacial score (nSPS) is 14.7. The zero-order valence-electron chi connectivity index (χ0n) is 17.4. The van der Waals surface area contributed by atoms with Crippen molar-refractivity contribution in [3.63, 3.8) is 0 Å². The van der Waals surface area contributed by atoms with Crippen molar-refractivity contribution >= 4 is 40.2 Å². The van der Waals surface area contributed by atoms with Gasteiger partial charge in [-0.3, -0.25) is 0 Å².